The molecule has 1 amide bonds. The predicted octanol–water partition coefficient (Wildman–Crippen LogP) is 3.65. The normalized spacial score (nSPS) is 12.1. The summed E-state index contributed by atoms with van der Waals surface area (Å²) in [6.07, 6.45) is 3.15. The Hall–Kier alpha value is -3.54. The summed E-state index contributed by atoms with van der Waals surface area (Å²) >= 11 is 0. The molecule has 0 bridgehead atoms. The number of aromatic nitrogens is 4. The molecule has 0 radical (unpaired) electrons. The van der Waals surface area contributed by atoms with Crippen LogP contribution < -0.4 is 0 Å². The predicted molar refractivity (Wildman–Crippen MR) is 104 cm³/mol. The molecule has 1 unspecified atom stereocenters. The third-order valence-electron chi connectivity index (χ3n) is 4.78. The SMILES string of the molecule is CC(c1ccc(-n2cncn2)cc1)N(C)C(=O)c1ccc2ccccc2n1. The molecule has 2 aromatic heterocycles. The summed E-state index contributed by atoms with van der Waals surface area (Å²) < 4.78 is 1.70. The van der Waals surface area contributed by atoms with Gasteiger partial charge in [0, 0.05) is 12.4 Å². The molecule has 134 valence electrons. The number of benzene rings is 2. The summed E-state index contributed by atoms with van der Waals surface area (Å²) in [6.45, 7) is 2.00. The highest BCUT2D eigenvalue weighted by Gasteiger charge is 2.20. The molecule has 0 fully saturated rings. The molecule has 2 heterocycles. The smallest absolute Gasteiger partial charge is 0.272 e. The second kappa shape index (κ2) is 6.99. The molecule has 0 aliphatic carbocycles. The standard InChI is InChI=1S/C21H19N5O/c1-15(16-7-10-18(11-8-16)26-14-22-13-23-26)25(2)21(27)20-12-9-17-5-3-4-6-19(17)24-20/h3-15H,1-2H3. The van der Waals surface area contributed by atoms with Gasteiger partial charge in [-0.2, -0.15) is 5.10 Å². The molecule has 0 aliphatic rings. The maximum atomic E-state index is 12.9. The topological polar surface area (TPSA) is 63.9 Å². The monoisotopic (exact) mass is 357 g/mol. The summed E-state index contributed by atoms with van der Waals surface area (Å²) in [5, 5.41) is 5.14. The van der Waals surface area contributed by atoms with Crippen molar-refractivity contribution in [1.29, 1.82) is 0 Å². The van der Waals surface area contributed by atoms with Crippen LogP contribution >= 0.6 is 0 Å². The molecule has 6 nitrogen and oxygen atoms in total. The summed E-state index contributed by atoms with van der Waals surface area (Å²) in [7, 11) is 1.80. The molecular weight excluding hydrogens is 338 g/mol. The van der Waals surface area contributed by atoms with E-state index < -0.39 is 0 Å². The van der Waals surface area contributed by atoms with Gasteiger partial charge in [-0.3, -0.25) is 4.79 Å². The number of pyridine rings is 1. The lowest BCUT2D eigenvalue weighted by atomic mass is 10.1. The van der Waals surface area contributed by atoms with Gasteiger partial charge in [0.05, 0.1) is 17.2 Å². The second-order valence-corrected chi connectivity index (χ2v) is 6.41. The molecule has 4 aromatic rings. The van der Waals surface area contributed by atoms with Crippen LogP contribution in [-0.2, 0) is 0 Å². The van der Waals surface area contributed by atoms with E-state index in [1.807, 2.05) is 61.5 Å². The van der Waals surface area contributed by atoms with Crippen LogP contribution in [0, 0.1) is 0 Å². The lowest BCUT2D eigenvalue weighted by Crippen LogP contribution is -2.30. The molecular formula is C21H19N5O. The van der Waals surface area contributed by atoms with Crippen molar-refractivity contribution in [2.24, 2.45) is 0 Å². The number of para-hydroxylation sites is 1. The van der Waals surface area contributed by atoms with Crippen LogP contribution in [-0.4, -0.2) is 37.6 Å². The molecule has 27 heavy (non-hydrogen) atoms. The first kappa shape index (κ1) is 16.9. The Morgan fingerprint density at radius 1 is 1.04 bits per heavy atom. The Balaban J connectivity index is 1.55. The Morgan fingerprint density at radius 3 is 2.56 bits per heavy atom. The Morgan fingerprint density at radius 2 is 1.81 bits per heavy atom. The van der Waals surface area contributed by atoms with Gasteiger partial charge in [0.15, 0.2) is 0 Å². The van der Waals surface area contributed by atoms with Crippen molar-refractivity contribution in [3.63, 3.8) is 0 Å². The van der Waals surface area contributed by atoms with Gasteiger partial charge < -0.3 is 4.90 Å². The van der Waals surface area contributed by atoms with Crippen molar-refractivity contribution in [1.82, 2.24) is 24.6 Å². The molecule has 0 saturated heterocycles. The molecule has 1 atom stereocenters. The highest BCUT2D eigenvalue weighted by Crippen LogP contribution is 2.22. The minimum Gasteiger partial charge on any atom is -0.334 e. The van der Waals surface area contributed by atoms with Gasteiger partial charge in [0.25, 0.3) is 5.91 Å². The minimum absolute atomic E-state index is 0.0874. The minimum atomic E-state index is -0.103. The van der Waals surface area contributed by atoms with Crippen LogP contribution in [0.5, 0.6) is 0 Å². The molecule has 0 spiro atoms. The summed E-state index contributed by atoms with van der Waals surface area (Å²) in [5.74, 6) is -0.103. The fourth-order valence-electron chi connectivity index (χ4n) is 3.01. The van der Waals surface area contributed by atoms with E-state index >= 15 is 0 Å². The van der Waals surface area contributed by atoms with E-state index in [-0.39, 0.29) is 11.9 Å². The number of hydrogen-bond acceptors (Lipinski definition) is 4. The van der Waals surface area contributed by atoms with E-state index in [9.17, 15) is 4.79 Å². The van der Waals surface area contributed by atoms with Gasteiger partial charge >= 0.3 is 0 Å². The van der Waals surface area contributed by atoms with E-state index in [2.05, 4.69) is 15.1 Å². The third-order valence-corrected chi connectivity index (χ3v) is 4.78. The van der Waals surface area contributed by atoms with Gasteiger partial charge in [-0.1, -0.05) is 36.4 Å². The fraction of sp³-hybridized carbons (Fsp3) is 0.143. The quantitative estimate of drug-likeness (QED) is 0.559. The van der Waals surface area contributed by atoms with E-state index in [1.54, 1.807) is 29.0 Å². The zero-order chi connectivity index (χ0) is 18.8. The van der Waals surface area contributed by atoms with Gasteiger partial charge in [0.1, 0.15) is 18.3 Å². The molecule has 6 heteroatoms. The van der Waals surface area contributed by atoms with Crippen molar-refractivity contribution < 1.29 is 4.79 Å². The maximum absolute atomic E-state index is 12.9. The molecule has 0 saturated carbocycles. The van der Waals surface area contributed by atoms with Crippen molar-refractivity contribution >= 4 is 16.8 Å². The highest BCUT2D eigenvalue weighted by atomic mass is 16.2. The number of carbonyl (C=O) groups is 1. The van der Waals surface area contributed by atoms with E-state index in [4.69, 9.17) is 0 Å². The van der Waals surface area contributed by atoms with Crippen molar-refractivity contribution in [3.05, 3.63) is 84.6 Å². The summed E-state index contributed by atoms with van der Waals surface area (Å²) in [6, 6.07) is 19.3. The number of hydrogen-bond donors (Lipinski definition) is 0. The number of nitrogens with zero attached hydrogens (tertiary/aromatic N) is 5. The average Bonchev–Trinajstić information content (AvgIpc) is 3.27. The van der Waals surface area contributed by atoms with Gasteiger partial charge in [0.2, 0.25) is 0 Å². The number of amides is 1. The zero-order valence-corrected chi connectivity index (χ0v) is 15.1. The summed E-state index contributed by atoms with van der Waals surface area (Å²) in [4.78, 5) is 23.1. The Bertz CT molecular complexity index is 1070. The summed E-state index contributed by atoms with van der Waals surface area (Å²) in [5.41, 5.74) is 3.23. The molecule has 0 aliphatic heterocycles. The van der Waals surface area contributed by atoms with Crippen LogP contribution in [0.2, 0.25) is 0 Å². The zero-order valence-electron chi connectivity index (χ0n) is 15.1. The van der Waals surface area contributed by atoms with E-state index in [0.717, 1.165) is 22.2 Å². The highest BCUT2D eigenvalue weighted by molar-refractivity contribution is 5.95. The maximum Gasteiger partial charge on any atom is 0.272 e. The van der Waals surface area contributed by atoms with Crippen LogP contribution in [0.3, 0.4) is 0 Å². The van der Waals surface area contributed by atoms with Gasteiger partial charge in [-0.15, -0.1) is 0 Å². The number of rotatable bonds is 4. The van der Waals surface area contributed by atoms with Crippen molar-refractivity contribution in [2.75, 3.05) is 7.05 Å². The third kappa shape index (κ3) is 3.29. The number of fused-ring (bicyclic) bond motifs is 1. The van der Waals surface area contributed by atoms with Gasteiger partial charge in [-0.05, 0) is 36.8 Å². The molecule has 2 aromatic carbocycles. The fourth-order valence-corrected chi connectivity index (χ4v) is 3.01. The van der Waals surface area contributed by atoms with Gasteiger partial charge in [-0.25, -0.2) is 14.6 Å². The van der Waals surface area contributed by atoms with E-state index in [1.165, 1.54) is 6.33 Å². The Kier molecular flexibility index (Phi) is 4.38. The lowest BCUT2D eigenvalue weighted by molar-refractivity contribution is 0.0737. The Labute approximate surface area is 157 Å². The first-order chi connectivity index (χ1) is 13.1. The first-order valence-electron chi connectivity index (χ1n) is 8.71. The average molecular weight is 357 g/mol. The molecule has 0 N–H and O–H groups in total. The lowest BCUT2D eigenvalue weighted by Gasteiger charge is -2.25. The van der Waals surface area contributed by atoms with Crippen LogP contribution in [0.25, 0.3) is 16.6 Å². The van der Waals surface area contributed by atoms with Crippen LogP contribution in [0.4, 0.5) is 0 Å². The number of carbonyl (C=O) groups excluding carboxylic acids is 1. The van der Waals surface area contributed by atoms with Crippen molar-refractivity contribution in [3.8, 4) is 5.69 Å². The first-order valence-corrected chi connectivity index (χ1v) is 8.71. The van der Waals surface area contributed by atoms with Crippen LogP contribution in [0.15, 0.2) is 73.3 Å². The van der Waals surface area contributed by atoms with Crippen LogP contribution in [0.1, 0.15) is 29.0 Å². The second-order valence-electron chi connectivity index (χ2n) is 6.41. The molecule has 4 rings (SSSR count). The largest absolute Gasteiger partial charge is 0.334 e. The van der Waals surface area contributed by atoms with E-state index in [0.29, 0.717) is 5.69 Å². The van der Waals surface area contributed by atoms with Crippen molar-refractivity contribution in [2.45, 2.75) is 13.0 Å².